The molecule has 0 radical (unpaired) electrons. The van der Waals surface area contributed by atoms with Crippen molar-refractivity contribution in [3.05, 3.63) is 89.5 Å². The Hall–Kier alpha value is -4.04. The second-order valence-electron chi connectivity index (χ2n) is 9.35. The van der Waals surface area contributed by atoms with Crippen molar-refractivity contribution in [3.63, 3.8) is 0 Å². The first-order valence-electron chi connectivity index (χ1n) is 11.8. The van der Waals surface area contributed by atoms with Crippen LogP contribution in [0.5, 0.6) is 0 Å². The number of fused-ring (bicyclic) bond motifs is 2. The average Bonchev–Trinajstić information content (AvgIpc) is 3.58. The number of aryl methyl sites for hydroxylation is 1. The maximum absolute atomic E-state index is 13.3. The molecule has 0 bridgehead atoms. The summed E-state index contributed by atoms with van der Waals surface area (Å²) in [4.78, 5) is 21.9. The van der Waals surface area contributed by atoms with Crippen LogP contribution in [0, 0.1) is 13.8 Å². The summed E-state index contributed by atoms with van der Waals surface area (Å²) in [5.41, 5.74) is 4.96. The van der Waals surface area contributed by atoms with Crippen molar-refractivity contribution < 1.29 is 9.90 Å². The van der Waals surface area contributed by atoms with Crippen LogP contribution in [0.3, 0.4) is 0 Å². The summed E-state index contributed by atoms with van der Waals surface area (Å²) in [6.45, 7) is 3.74. The van der Waals surface area contributed by atoms with Gasteiger partial charge in [-0.25, -0.2) is 19.4 Å². The normalized spacial score (nSPS) is 19.4. The zero-order chi connectivity index (χ0) is 24.2. The van der Waals surface area contributed by atoms with E-state index < -0.39 is 18.2 Å². The topological polar surface area (TPSA) is 105 Å². The highest BCUT2D eigenvalue weighted by Crippen LogP contribution is 2.59. The Morgan fingerprint density at radius 1 is 1.03 bits per heavy atom. The van der Waals surface area contributed by atoms with Gasteiger partial charge < -0.3 is 10.4 Å². The largest absolute Gasteiger partial charge is 0.390 e. The Balaban J connectivity index is 1.33. The maximum Gasteiger partial charge on any atom is 0.320 e. The number of nitrogens with zero attached hydrogens (tertiary/aromatic N) is 4. The number of anilines is 1. The maximum atomic E-state index is 13.3. The van der Waals surface area contributed by atoms with E-state index in [0.717, 1.165) is 40.8 Å². The minimum atomic E-state index is -0.647. The number of benzene rings is 2. The molecule has 2 aromatic carbocycles. The standard InChI is InChI=1S/C27H26N6O2/c1-16-22(18-14-28-17(2)29-15-18)32-33(19-8-4-3-5-9-19)25(16)31-26(35)30-23-20-10-6-7-11-21(20)27(12-13-27)24(23)34/h3-11,14-15,23-24,34H,12-13H2,1-2H3,(H2,30,31,35). The molecule has 3 N–H and O–H groups in total. The van der Waals surface area contributed by atoms with Crippen LogP contribution >= 0.6 is 0 Å². The van der Waals surface area contributed by atoms with E-state index in [1.54, 1.807) is 17.1 Å². The third-order valence-electron chi connectivity index (χ3n) is 7.20. The van der Waals surface area contributed by atoms with Crippen molar-refractivity contribution in [1.82, 2.24) is 25.1 Å². The molecule has 1 spiro atoms. The van der Waals surface area contributed by atoms with Crippen molar-refractivity contribution in [2.45, 2.75) is 44.2 Å². The first-order valence-corrected chi connectivity index (χ1v) is 11.8. The zero-order valence-electron chi connectivity index (χ0n) is 19.6. The quantitative estimate of drug-likeness (QED) is 0.418. The molecule has 2 unspecified atom stereocenters. The molecule has 2 aromatic heterocycles. The predicted octanol–water partition coefficient (Wildman–Crippen LogP) is 4.22. The van der Waals surface area contributed by atoms with Crippen molar-refractivity contribution in [2.75, 3.05) is 5.32 Å². The van der Waals surface area contributed by atoms with Gasteiger partial charge in [-0.1, -0.05) is 42.5 Å². The molecule has 2 atom stereocenters. The molecular formula is C27H26N6O2. The van der Waals surface area contributed by atoms with Crippen LogP contribution in [-0.4, -0.2) is 37.0 Å². The molecule has 1 fully saturated rings. The minimum Gasteiger partial charge on any atom is -0.390 e. The SMILES string of the molecule is Cc1ncc(-c2nn(-c3ccccc3)c(NC(=O)NC3c4ccccc4C4(CC4)C3O)c2C)cn1. The van der Waals surface area contributed by atoms with Gasteiger partial charge in [0.05, 0.1) is 17.8 Å². The number of hydrogen-bond donors (Lipinski definition) is 3. The van der Waals surface area contributed by atoms with Crippen LogP contribution in [0.4, 0.5) is 10.6 Å². The number of urea groups is 1. The van der Waals surface area contributed by atoms with Gasteiger partial charge in [0, 0.05) is 28.9 Å². The number of hydrogen-bond acceptors (Lipinski definition) is 5. The van der Waals surface area contributed by atoms with E-state index in [4.69, 9.17) is 5.10 Å². The van der Waals surface area contributed by atoms with Gasteiger partial charge in [-0.3, -0.25) is 5.32 Å². The summed E-state index contributed by atoms with van der Waals surface area (Å²) in [6.07, 6.45) is 4.70. The Morgan fingerprint density at radius 2 is 1.71 bits per heavy atom. The zero-order valence-corrected chi connectivity index (χ0v) is 19.6. The van der Waals surface area contributed by atoms with Gasteiger partial charge in [0.1, 0.15) is 17.3 Å². The third kappa shape index (κ3) is 3.49. The van der Waals surface area contributed by atoms with E-state index in [2.05, 4.69) is 26.7 Å². The molecule has 176 valence electrons. The fourth-order valence-corrected chi connectivity index (χ4v) is 5.20. The van der Waals surface area contributed by atoms with Gasteiger partial charge in [0.15, 0.2) is 0 Å². The number of rotatable bonds is 4. The number of aliphatic hydroxyl groups excluding tert-OH is 1. The fraction of sp³-hybridized carbons (Fsp3) is 0.259. The second-order valence-corrected chi connectivity index (χ2v) is 9.35. The van der Waals surface area contributed by atoms with Crippen LogP contribution in [0.1, 0.15) is 41.4 Å². The molecule has 2 amide bonds. The highest BCUT2D eigenvalue weighted by Gasteiger charge is 2.59. The molecule has 8 heteroatoms. The molecule has 0 saturated heterocycles. The third-order valence-corrected chi connectivity index (χ3v) is 7.20. The monoisotopic (exact) mass is 466 g/mol. The number of nitrogens with one attached hydrogen (secondary N) is 2. The lowest BCUT2D eigenvalue weighted by molar-refractivity contribution is 0.109. The van der Waals surface area contributed by atoms with Gasteiger partial charge in [-0.15, -0.1) is 0 Å². The Morgan fingerprint density at radius 3 is 2.43 bits per heavy atom. The molecule has 4 aromatic rings. The summed E-state index contributed by atoms with van der Waals surface area (Å²) in [7, 11) is 0. The van der Waals surface area contributed by atoms with Crippen LogP contribution in [-0.2, 0) is 5.41 Å². The Labute approximate surface area is 203 Å². The second kappa shape index (κ2) is 8.02. The predicted molar refractivity (Wildman–Crippen MR) is 132 cm³/mol. The van der Waals surface area contributed by atoms with Crippen molar-refractivity contribution in [1.29, 1.82) is 0 Å². The van der Waals surface area contributed by atoms with Gasteiger partial charge in [-0.05, 0) is 49.9 Å². The van der Waals surface area contributed by atoms with Crippen LogP contribution in [0.25, 0.3) is 16.9 Å². The van der Waals surface area contributed by atoms with E-state index >= 15 is 0 Å². The summed E-state index contributed by atoms with van der Waals surface area (Å²) < 4.78 is 1.71. The lowest BCUT2D eigenvalue weighted by Crippen LogP contribution is -2.39. The summed E-state index contributed by atoms with van der Waals surface area (Å²) >= 11 is 0. The highest BCUT2D eigenvalue weighted by molar-refractivity contribution is 5.91. The number of amides is 2. The lowest BCUT2D eigenvalue weighted by atomic mass is 9.97. The molecule has 8 nitrogen and oxygen atoms in total. The molecular weight excluding hydrogens is 440 g/mol. The van der Waals surface area contributed by atoms with Gasteiger partial charge in [-0.2, -0.15) is 5.10 Å². The number of aliphatic hydroxyl groups is 1. The number of aromatic nitrogens is 4. The Kier molecular flexibility index (Phi) is 4.93. The first kappa shape index (κ1) is 21.5. The van der Waals surface area contributed by atoms with Gasteiger partial charge >= 0.3 is 6.03 Å². The van der Waals surface area contributed by atoms with E-state index in [0.29, 0.717) is 17.3 Å². The van der Waals surface area contributed by atoms with E-state index in [1.807, 2.05) is 62.4 Å². The average molecular weight is 467 g/mol. The minimum absolute atomic E-state index is 0.227. The van der Waals surface area contributed by atoms with E-state index in [-0.39, 0.29) is 5.41 Å². The molecule has 35 heavy (non-hydrogen) atoms. The molecule has 2 aliphatic carbocycles. The molecule has 6 rings (SSSR count). The van der Waals surface area contributed by atoms with E-state index in [1.165, 1.54) is 0 Å². The van der Waals surface area contributed by atoms with Gasteiger partial charge in [0.2, 0.25) is 0 Å². The van der Waals surface area contributed by atoms with Crippen LogP contribution in [0.2, 0.25) is 0 Å². The lowest BCUT2D eigenvalue weighted by Gasteiger charge is -2.21. The number of carbonyl (C=O) groups excluding carboxylic acids is 1. The highest BCUT2D eigenvalue weighted by atomic mass is 16.3. The van der Waals surface area contributed by atoms with Gasteiger partial charge in [0.25, 0.3) is 0 Å². The van der Waals surface area contributed by atoms with E-state index in [9.17, 15) is 9.90 Å². The fourth-order valence-electron chi connectivity index (χ4n) is 5.20. The van der Waals surface area contributed by atoms with Crippen molar-refractivity contribution in [2.24, 2.45) is 0 Å². The smallest absolute Gasteiger partial charge is 0.320 e. The molecule has 2 heterocycles. The number of para-hydroxylation sites is 1. The number of carbonyl (C=O) groups is 1. The molecule has 0 aliphatic heterocycles. The molecule has 2 aliphatic rings. The van der Waals surface area contributed by atoms with Crippen molar-refractivity contribution >= 4 is 11.8 Å². The summed E-state index contributed by atoms with van der Waals surface area (Å²) in [5.74, 6) is 1.22. The summed E-state index contributed by atoms with van der Waals surface area (Å²) in [5, 5.41) is 21.9. The van der Waals surface area contributed by atoms with Crippen LogP contribution in [0.15, 0.2) is 67.0 Å². The van der Waals surface area contributed by atoms with Crippen LogP contribution < -0.4 is 10.6 Å². The summed E-state index contributed by atoms with van der Waals surface area (Å²) in [6, 6.07) is 16.8. The molecule has 1 saturated carbocycles. The first-order chi connectivity index (χ1) is 17.0. The van der Waals surface area contributed by atoms with Crippen molar-refractivity contribution in [3.8, 4) is 16.9 Å². The Bertz CT molecular complexity index is 1410.